The van der Waals surface area contributed by atoms with Gasteiger partial charge in [-0.15, -0.1) is 0 Å². The third-order valence-electron chi connectivity index (χ3n) is 3.62. The second-order valence-electron chi connectivity index (χ2n) is 5.86. The Labute approximate surface area is 162 Å². The number of amides is 1. The summed E-state index contributed by atoms with van der Waals surface area (Å²) in [6.45, 7) is 1.77. The van der Waals surface area contributed by atoms with Gasteiger partial charge in [0.1, 0.15) is 24.7 Å². The molecular weight excluding hydrogens is 395 g/mol. The molecule has 2 aromatic carbocycles. The molecule has 1 amide bonds. The van der Waals surface area contributed by atoms with Crippen LogP contribution >= 0.6 is 11.6 Å². The van der Waals surface area contributed by atoms with E-state index in [0.717, 1.165) is 22.2 Å². The average molecular weight is 415 g/mol. The van der Waals surface area contributed by atoms with Crippen LogP contribution in [0.2, 0.25) is 5.02 Å². The first-order chi connectivity index (χ1) is 12.7. The number of benzene rings is 2. The van der Waals surface area contributed by atoms with Crippen molar-refractivity contribution in [3.05, 3.63) is 58.9 Å². The van der Waals surface area contributed by atoms with E-state index in [1.807, 2.05) is 13.0 Å². The number of hydrogen-bond acceptors (Lipinski definition) is 4. The maximum atomic E-state index is 13.4. The highest BCUT2D eigenvalue weighted by Gasteiger charge is 2.21. The lowest BCUT2D eigenvalue weighted by molar-refractivity contribution is -0.119. The van der Waals surface area contributed by atoms with Crippen LogP contribution in [0, 0.1) is 12.7 Å². The van der Waals surface area contributed by atoms with Crippen LogP contribution in [0.1, 0.15) is 5.56 Å². The summed E-state index contributed by atoms with van der Waals surface area (Å²) in [5.74, 6) is -0.556. The molecule has 2 rings (SSSR count). The van der Waals surface area contributed by atoms with Crippen LogP contribution < -0.4 is 14.4 Å². The molecule has 0 saturated carbocycles. The SMILES string of the molecule is Cc1ccc(OCCNC(=O)CN(c2cccc(F)c2)S(C)(=O)=O)cc1Cl. The van der Waals surface area contributed by atoms with E-state index in [4.69, 9.17) is 16.3 Å². The van der Waals surface area contributed by atoms with Crippen molar-refractivity contribution < 1.29 is 22.3 Å². The minimum atomic E-state index is -3.75. The summed E-state index contributed by atoms with van der Waals surface area (Å²) in [5, 5.41) is 3.15. The fourth-order valence-electron chi connectivity index (χ4n) is 2.24. The average Bonchev–Trinajstić information content (AvgIpc) is 2.58. The van der Waals surface area contributed by atoms with Gasteiger partial charge in [0.15, 0.2) is 0 Å². The van der Waals surface area contributed by atoms with E-state index in [1.54, 1.807) is 12.1 Å². The summed E-state index contributed by atoms with van der Waals surface area (Å²) >= 11 is 6.01. The summed E-state index contributed by atoms with van der Waals surface area (Å²) in [5.41, 5.74) is 1.01. The molecule has 0 aromatic heterocycles. The molecule has 0 fully saturated rings. The number of ether oxygens (including phenoxy) is 1. The summed E-state index contributed by atoms with van der Waals surface area (Å²) < 4.78 is 43.6. The molecule has 0 saturated heterocycles. The fourth-order valence-corrected chi connectivity index (χ4v) is 3.26. The van der Waals surface area contributed by atoms with E-state index in [1.165, 1.54) is 18.2 Å². The minimum Gasteiger partial charge on any atom is -0.492 e. The number of hydrogen-bond donors (Lipinski definition) is 1. The first kappa shape index (κ1) is 21.0. The van der Waals surface area contributed by atoms with Gasteiger partial charge in [0.25, 0.3) is 0 Å². The maximum absolute atomic E-state index is 13.4. The quantitative estimate of drug-likeness (QED) is 0.674. The van der Waals surface area contributed by atoms with Crippen LogP contribution in [0.4, 0.5) is 10.1 Å². The molecule has 0 unspecified atom stereocenters. The van der Waals surface area contributed by atoms with Crippen molar-refractivity contribution in [1.82, 2.24) is 5.32 Å². The van der Waals surface area contributed by atoms with Gasteiger partial charge in [0.05, 0.1) is 18.5 Å². The van der Waals surface area contributed by atoms with Gasteiger partial charge in [0.2, 0.25) is 15.9 Å². The van der Waals surface area contributed by atoms with Gasteiger partial charge < -0.3 is 10.1 Å². The van der Waals surface area contributed by atoms with Crippen LogP contribution in [0.25, 0.3) is 0 Å². The Balaban J connectivity index is 1.89. The van der Waals surface area contributed by atoms with Gasteiger partial charge in [-0.3, -0.25) is 9.10 Å². The van der Waals surface area contributed by atoms with Crippen LogP contribution in [0.5, 0.6) is 5.75 Å². The van der Waals surface area contributed by atoms with Crippen molar-refractivity contribution in [3.8, 4) is 5.75 Å². The molecule has 9 heteroatoms. The highest BCUT2D eigenvalue weighted by Crippen LogP contribution is 2.21. The van der Waals surface area contributed by atoms with E-state index in [2.05, 4.69) is 5.32 Å². The fraction of sp³-hybridized carbons (Fsp3) is 0.278. The Morgan fingerprint density at radius 3 is 2.63 bits per heavy atom. The van der Waals surface area contributed by atoms with Gasteiger partial charge in [-0.25, -0.2) is 12.8 Å². The van der Waals surface area contributed by atoms with Crippen molar-refractivity contribution in [2.45, 2.75) is 6.92 Å². The van der Waals surface area contributed by atoms with Gasteiger partial charge in [0, 0.05) is 5.02 Å². The Morgan fingerprint density at radius 2 is 2.00 bits per heavy atom. The monoisotopic (exact) mass is 414 g/mol. The van der Waals surface area contributed by atoms with Gasteiger partial charge in [-0.1, -0.05) is 23.7 Å². The Hall–Kier alpha value is -2.32. The predicted octanol–water partition coefficient (Wildman–Crippen LogP) is 2.75. The summed E-state index contributed by atoms with van der Waals surface area (Å²) in [7, 11) is -3.75. The molecule has 2 aromatic rings. The zero-order valence-corrected chi connectivity index (χ0v) is 16.5. The Kier molecular flexibility index (Phi) is 7.04. The molecule has 27 heavy (non-hydrogen) atoms. The number of halogens is 2. The first-order valence-corrected chi connectivity index (χ1v) is 10.3. The van der Waals surface area contributed by atoms with Crippen molar-refractivity contribution in [3.63, 3.8) is 0 Å². The first-order valence-electron chi connectivity index (χ1n) is 8.06. The van der Waals surface area contributed by atoms with Crippen LogP contribution in [0.15, 0.2) is 42.5 Å². The number of nitrogens with one attached hydrogen (secondary N) is 1. The van der Waals surface area contributed by atoms with Crippen LogP contribution in [0.3, 0.4) is 0 Å². The molecule has 1 N–H and O–H groups in total. The molecule has 146 valence electrons. The number of rotatable bonds is 8. The molecule has 0 aliphatic rings. The van der Waals surface area contributed by atoms with Crippen LogP contribution in [-0.4, -0.2) is 40.3 Å². The number of anilines is 1. The number of carbonyl (C=O) groups is 1. The number of sulfonamides is 1. The van der Waals surface area contributed by atoms with Gasteiger partial charge in [-0.05, 0) is 42.8 Å². The predicted molar refractivity (Wildman–Crippen MR) is 103 cm³/mol. The number of nitrogens with zero attached hydrogens (tertiary/aromatic N) is 1. The third kappa shape index (κ3) is 6.41. The standard InChI is InChI=1S/C18H20ClFN2O4S/c1-13-6-7-16(11-17(13)19)26-9-8-21-18(23)12-22(27(2,24)25)15-5-3-4-14(20)10-15/h3-7,10-11H,8-9,12H2,1-2H3,(H,21,23). The minimum absolute atomic E-state index is 0.0817. The number of carbonyl (C=O) groups excluding carboxylic acids is 1. The zero-order valence-electron chi connectivity index (χ0n) is 14.9. The zero-order chi connectivity index (χ0) is 20.0. The van der Waals surface area contributed by atoms with Crippen molar-refractivity contribution in [2.24, 2.45) is 0 Å². The van der Waals surface area contributed by atoms with E-state index >= 15 is 0 Å². The third-order valence-corrected chi connectivity index (χ3v) is 5.17. The molecular formula is C18H20ClFN2O4S. The summed E-state index contributed by atoms with van der Waals surface area (Å²) in [6.07, 6.45) is 0.954. The lowest BCUT2D eigenvalue weighted by Crippen LogP contribution is -2.41. The molecule has 0 aliphatic heterocycles. The maximum Gasteiger partial charge on any atom is 0.240 e. The normalized spacial score (nSPS) is 11.1. The highest BCUT2D eigenvalue weighted by atomic mass is 35.5. The smallest absolute Gasteiger partial charge is 0.240 e. The Bertz CT molecular complexity index is 921. The van der Waals surface area contributed by atoms with E-state index in [9.17, 15) is 17.6 Å². The van der Waals surface area contributed by atoms with Gasteiger partial charge in [-0.2, -0.15) is 0 Å². The largest absolute Gasteiger partial charge is 0.492 e. The summed E-state index contributed by atoms with van der Waals surface area (Å²) in [4.78, 5) is 12.1. The molecule has 0 aliphatic carbocycles. The van der Waals surface area contributed by atoms with Crippen LogP contribution in [-0.2, 0) is 14.8 Å². The molecule has 0 bridgehead atoms. The lowest BCUT2D eigenvalue weighted by Gasteiger charge is -2.21. The molecule has 0 spiro atoms. The highest BCUT2D eigenvalue weighted by molar-refractivity contribution is 7.92. The van der Waals surface area contributed by atoms with E-state index in [-0.39, 0.29) is 18.8 Å². The van der Waals surface area contributed by atoms with Gasteiger partial charge >= 0.3 is 0 Å². The molecule has 0 atom stereocenters. The molecule has 6 nitrogen and oxygen atoms in total. The van der Waals surface area contributed by atoms with Crippen molar-refractivity contribution >= 4 is 33.2 Å². The second-order valence-corrected chi connectivity index (χ2v) is 8.17. The topological polar surface area (TPSA) is 75.7 Å². The number of aryl methyl sites for hydroxylation is 1. The Morgan fingerprint density at radius 1 is 1.26 bits per heavy atom. The summed E-state index contributed by atoms with van der Waals surface area (Å²) in [6, 6.07) is 10.3. The van der Waals surface area contributed by atoms with Crippen molar-refractivity contribution in [2.75, 3.05) is 30.3 Å². The molecule has 0 radical (unpaired) electrons. The van der Waals surface area contributed by atoms with Crippen molar-refractivity contribution in [1.29, 1.82) is 0 Å². The lowest BCUT2D eigenvalue weighted by atomic mass is 10.2. The van der Waals surface area contributed by atoms with E-state index in [0.29, 0.717) is 10.8 Å². The second kappa shape index (κ2) is 9.05. The van der Waals surface area contributed by atoms with E-state index < -0.39 is 28.3 Å². The molecule has 0 heterocycles.